The predicted octanol–water partition coefficient (Wildman–Crippen LogP) is 2.29. The maximum Gasteiger partial charge on any atom is 0.224 e. The first-order valence-electron chi connectivity index (χ1n) is 7.34. The molecule has 2 atom stereocenters. The van der Waals surface area contributed by atoms with Crippen LogP contribution in [0.3, 0.4) is 0 Å². The van der Waals surface area contributed by atoms with E-state index in [1.807, 2.05) is 23.3 Å². The molecule has 0 spiro atoms. The van der Waals surface area contributed by atoms with Gasteiger partial charge in [-0.15, -0.1) is 11.3 Å². The highest BCUT2D eigenvalue weighted by atomic mass is 32.2. The minimum atomic E-state index is 0.215. The first-order chi connectivity index (χ1) is 9.84. The van der Waals surface area contributed by atoms with Crippen LogP contribution in [0.25, 0.3) is 0 Å². The highest BCUT2D eigenvalue weighted by Gasteiger charge is 2.30. The van der Waals surface area contributed by atoms with Crippen molar-refractivity contribution < 1.29 is 4.79 Å². The van der Waals surface area contributed by atoms with Crippen LogP contribution in [0, 0.1) is 0 Å². The number of likely N-dealkylation sites (tertiary alicyclic amines) is 1. The summed E-state index contributed by atoms with van der Waals surface area (Å²) in [4.78, 5) is 19.1. The quantitative estimate of drug-likeness (QED) is 0.930. The Hall–Kier alpha value is -0.590. The van der Waals surface area contributed by atoms with Crippen LogP contribution in [0.4, 0.5) is 0 Å². The Morgan fingerprint density at radius 3 is 3.20 bits per heavy atom. The van der Waals surface area contributed by atoms with Crippen molar-refractivity contribution in [2.75, 3.05) is 24.6 Å². The Bertz CT molecular complexity index is 432. The number of hydrogen-bond acceptors (Lipinski definition) is 5. The lowest BCUT2D eigenvalue weighted by Gasteiger charge is -2.36. The number of rotatable bonds is 3. The molecule has 4 nitrogen and oxygen atoms in total. The van der Waals surface area contributed by atoms with E-state index in [1.165, 1.54) is 6.42 Å². The van der Waals surface area contributed by atoms with Crippen LogP contribution in [0.2, 0.25) is 0 Å². The van der Waals surface area contributed by atoms with Gasteiger partial charge in [0.25, 0.3) is 0 Å². The van der Waals surface area contributed by atoms with Crippen LogP contribution in [-0.2, 0) is 4.79 Å². The number of amides is 1. The lowest BCUT2D eigenvalue weighted by atomic mass is 10.0. The summed E-state index contributed by atoms with van der Waals surface area (Å²) in [5.41, 5.74) is 0. The summed E-state index contributed by atoms with van der Waals surface area (Å²) in [6.45, 7) is 1.92. The van der Waals surface area contributed by atoms with Gasteiger partial charge in [0.1, 0.15) is 5.01 Å². The van der Waals surface area contributed by atoms with Gasteiger partial charge in [0, 0.05) is 48.6 Å². The van der Waals surface area contributed by atoms with Gasteiger partial charge in [-0.3, -0.25) is 4.79 Å². The first kappa shape index (κ1) is 14.4. The summed E-state index contributed by atoms with van der Waals surface area (Å²) in [5.74, 6) is 2.52. The fourth-order valence-corrected chi connectivity index (χ4v) is 4.70. The van der Waals surface area contributed by atoms with Gasteiger partial charge < -0.3 is 10.2 Å². The summed E-state index contributed by atoms with van der Waals surface area (Å²) in [6.07, 6.45) is 5.86. The van der Waals surface area contributed by atoms with Crippen molar-refractivity contribution in [3.63, 3.8) is 0 Å². The Labute approximate surface area is 128 Å². The highest BCUT2D eigenvalue weighted by Crippen LogP contribution is 2.32. The Balaban J connectivity index is 1.64. The van der Waals surface area contributed by atoms with E-state index >= 15 is 0 Å². The lowest BCUT2D eigenvalue weighted by molar-refractivity contribution is -0.135. The topological polar surface area (TPSA) is 45.2 Å². The Morgan fingerprint density at radius 1 is 1.50 bits per heavy atom. The van der Waals surface area contributed by atoms with E-state index < -0.39 is 0 Å². The summed E-state index contributed by atoms with van der Waals surface area (Å²) in [5, 5.41) is 6.56. The molecule has 2 fully saturated rings. The molecule has 1 N–H and O–H groups in total. The predicted molar refractivity (Wildman–Crippen MR) is 84.2 cm³/mol. The summed E-state index contributed by atoms with van der Waals surface area (Å²) >= 11 is 3.62. The molecule has 0 aromatic carbocycles. The van der Waals surface area contributed by atoms with Crippen molar-refractivity contribution in [3.8, 4) is 0 Å². The van der Waals surface area contributed by atoms with Crippen LogP contribution in [-0.4, -0.2) is 46.4 Å². The van der Waals surface area contributed by atoms with E-state index in [-0.39, 0.29) is 6.04 Å². The van der Waals surface area contributed by atoms with Crippen LogP contribution >= 0.6 is 23.1 Å². The number of carbonyl (C=O) groups is 1. The van der Waals surface area contributed by atoms with Crippen molar-refractivity contribution in [3.05, 3.63) is 16.6 Å². The third-order valence-corrected chi connectivity index (χ3v) is 5.99. The Kier molecular flexibility index (Phi) is 4.96. The van der Waals surface area contributed by atoms with E-state index in [0.717, 1.165) is 42.4 Å². The number of hydrogen-bond donors (Lipinski definition) is 1. The maximum atomic E-state index is 12.6. The van der Waals surface area contributed by atoms with Gasteiger partial charge in [0.05, 0.1) is 6.04 Å². The molecule has 2 aliphatic rings. The zero-order chi connectivity index (χ0) is 13.8. The molecule has 1 amide bonds. The lowest BCUT2D eigenvalue weighted by Crippen LogP contribution is -2.45. The molecule has 6 heteroatoms. The molecular weight excluding hydrogens is 290 g/mol. The highest BCUT2D eigenvalue weighted by molar-refractivity contribution is 7.99. The van der Waals surface area contributed by atoms with Gasteiger partial charge in [0.2, 0.25) is 5.91 Å². The SMILES string of the molecule is O=C(CC1CSCCN1)N1CCCCC1c1nccs1. The van der Waals surface area contributed by atoms with Crippen molar-refractivity contribution in [1.82, 2.24) is 15.2 Å². The third kappa shape index (κ3) is 3.35. The molecule has 2 aliphatic heterocycles. The van der Waals surface area contributed by atoms with Crippen molar-refractivity contribution in [1.29, 1.82) is 0 Å². The van der Waals surface area contributed by atoms with E-state index in [4.69, 9.17) is 0 Å². The van der Waals surface area contributed by atoms with Gasteiger partial charge in [-0.05, 0) is 19.3 Å². The number of nitrogens with zero attached hydrogens (tertiary/aromatic N) is 2. The number of piperidine rings is 1. The molecule has 1 aromatic rings. The van der Waals surface area contributed by atoms with Gasteiger partial charge in [0.15, 0.2) is 0 Å². The zero-order valence-corrected chi connectivity index (χ0v) is 13.2. The minimum absolute atomic E-state index is 0.215. The van der Waals surface area contributed by atoms with Crippen LogP contribution in [0.1, 0.15) is 36.7 Å². The monoisotopic (exact) mass is 311 g/mol. The van der Waals surface area contributed by atoms with Crippen LogP contribution < -0.4 is 5.32 Å². The second-order valence-electron chi connectivity index (χ2n) is 5.40. The smallest absolute Gasteiger partial charge is 0.224 e. The average Bonchev–Trinajstić information content (AvgIpc) is 3.02. The molecular formula is C14H21N3OS2. The molecule has 2 saturated heterocycles. The molecule has 0 bridgehead atoms. The largest absolute Gasteiger partial charge is 0.333 e. The normalized spacial score (nSPS) is 27.5. The minimum Gasteiger partial charge on any atom is -0.333 e. The van der Waals surface area contributed by atoms with E-state index in [2.05, 4.69) is 15.2 Å². The van der Waals surface area contributed by atoms with Gasteiger partial charge in [-0.2, -0.15) is 11.8 Å². The van der Waals surface area contributed by atoms with Crippen molar-refractivity contribution in [2.24, 2.45) is 0 Å². The third-order valence-electron chi connectivity index (χ3n) is 3.98. The van der Waals surface area contributed by atoms with Gasteiger partial charge >= 0.3 is 0 Å². The van der Waals surface area contributed by atoms with Gasteiger partial charge in [-0.1, -0.05) is 0 Å². The van der Waals surface area contributed by atoms with Crippen molar-refractivity contribution >= 4 is 29.0 Å². The van der Waals surface area contributed by atoms with E-state index in [9.17, 15) is 4.79 Å². The van der Waals surface area contributed by atoms with E-state index in [1.54, 1.807) is 11.3 Å². The van der Waals surface area contributed by atoms with Gasteiger partial charge in [-0.25, -0.2) is 4.98 Å². The summed E-state index contributed by atoms with van der Waals surface area (Å²) in [7, 11) is 0. The standard InChI is InChI=1S/C14H21N3OS2/c18-13(9-11-10-19-7-4-15-11)17-6-2-1-3-12(17)14-16-5-8-20-14/h5,8,11-12,15H,1-4,6-7,9-10H2. The molecule has 0 aliphatic carbocycles. The fourth-order valence-electron chi connectivity index (χ4n) is 2.96. The number of thioether (sulfide) groups is 1. The number of aromatic nitrogens is 1. The number of thiazole rings is 1. The summed E-state index contributed by atoms with van der Waals surface area (Å²) in [6, 6.07) is 0.563. The molecule has 0 saturated carbocycles. The Morgan fingerprint density at radius 2 is 2.45 bits per heavy atom. The second-order valence-corrected chi connectivity index (χ2v) is 7.48. The molecule has 2 unspecified atom stereocenters. The molecule has 20 heavy (non-hydrogen) atoms. The molecule has 0 radical (unpaired) electrons. The second kappa shape index (κ2) is 6.91. The number of carbonyl (C=O) groups excluding carboxylic acids is 1. The van der Waals surface area contributed by atoms with Crippen LogP contribution in [0.5, 0.6) is 0 Å². The molecule has 1 aromatic heterocycles. The fraction of sp³-hybridized carbons (Fsp3) is 0.714. The average molecular weight is 311 g/mol. The number of nitrogens with one attached hydrogen (secondary N) is 1. The molecule has 3 heterocycles. The summed E-state index contributed by atoms with van der Waals surface area (Å²) < 4.78 is 0. The zero-order valence-electron chi connectivity index (χ0n) is 11.6. The first-order valence-corrected chi connectivity index (χ1v) is 9.38. The molecule has 110 valence electrons. The van der Waals surface area contributed by atoms with Crippen molar-refractivity contribution in [2.45, 2.75) is 37.8 Å². The van der Waals surface area contributed by atoms with Crippen LogP contribution in [0.15, 0.2) is 11.6 Å². The van der Waals surface area contributed by atoms with E-state index in [0.29, 0.717) is 18.4 Å². The molecule has 3 rings (SSSR count). The maximum absolute atomic E-state index is 12.6.